The van der Waals surface area contributed by atoms with Crippen molar-refractivity contribution in [3.8, 4) is 11.4 Å². The second-order valence-corrected chi connectivity index (χ2v) is 6.71. The van der Waals surface area contributed by atoms with Crippen LogP contribution in [0.25, 0.3) is 16.6 Å². The van der Waals surface area contributed by atoms with Crippen LogP contribution in [0, 0.1) is 6.92 Å². The summed E-state index contributed by atoms with van der Waals surface area (Å²) in [5, 5.41) is 24.2. The molecule has 4 rings (SSSR count). The Morgan fingerprint density at radius 1 is 1.27 bits per heavy atom. The molecule has 0 aliphatic rings. The van der Waals surface area contributed by atoms with Gasteiger partial charge in [-0.25, -0.2) is 4.68 Å². The average Bonchev–Trinajstić information content (AvgIpc) is 3.18. The minimum atomic E-state index is -0.301. The van der Waals surface area contributed by atoms with Gasteiger partial charge < -0.3 is 10.4 Å². The number of rotatable bonds is 3. The van der Waals surface area contributed by atoms with E-state index in [4.69, 9.17) is 0 Å². The normalized spacial score (nSPS) is 11.0. The van der Waals surface area contributed by atoms with Crippen LogP contribution in [0.4, 0.5) is 5.82 Å². The standard InChI is InChI=1S/C18H14BrN5O2/c1-10-15(9-20-24(10)12-4-2-3-11(19)7-12)18(26)21-17-14-6-5-13(25)8-16(14)22-23-17/h2-9,25H,1H3,(H2,21,22,23,26). The van der Waals surface area contributed by atoms with Gasteiger partial charge in [-0.15, -0.1) is 0 Å². The van der Waals surface area contributed by atoms with Gasteiger partial charge in [-0.05, 0) is 37.3 Å². The summed E-state index contributed by atoms with van der Waals surface area (Å²) in [7, 11) is 0. The van der Waals surface area contributed by atoms with Crippen LogP contribution in [0.3, 0.4) is 0 Å². The first-order valence-corrected chi connectivity index (χ1v) is 8.61. The van der Waals surface area contributed by atoms with Crippen LogP contribution in [0.5, 0.6) is 5.75 Å². The number of carbonyl (C=O) groups is 1. The molecule has 4 aromatic rings. The lowest BCUT2D eigenvalue weighted by atomic mass is 10.2. The summed E-state index contributed by atoms with van der Waals surface area (Å²) in [6.45, 7) is 1.84. The fourth-order valence-electron chi connectivity index (χ4n) is 2.78. The highest BCUT2D eigenvalue weighted by molar-refractivity contribution is 9.10. The van der Waals surface area contributed by atoms with E-state index < -0.39 is 0 Å². The topological polar surface area (TPSA) is 95.8 Å². The molecule has 130 valence electrons. The van der Waals surface area contributed by atoms with Crippen LogP contribution in [-0.2, 0) is 0 Å². The lowest BCUT2D eigenvalue weighted by Crippen LogP contribution is -2.13. The largest absolute Gasteiger partial charge is 0.508 e. The summed E-state index contributed by atoms with van der Waals surface area (Å²) in [6.07, 6.45) is 1.53. The maximum absolute atomic E-state index is 12.7. The number of aromatic nitrogens is 4. The van der Waals surface area contributed by atoms with Gasteiger partial charge in [-0.1, -0.05) is 22.0 Å². The number of halogens is 1. The van der Waals surface area contributed by atoms with Gasteiger partial charge in [0.05, 0.1) is 28.7 Å². The number of aromatic hydroxyl groups is 1. The number of hydrogen-bond donors (Lipinski definition) is 3. The summed E-state index contributed by atoms with van der Waals surface area (Å²) in [4.78, 5) is 12.7. The van der Waals surface area contributed by atoms with Crippen LogP contribution in [0.1, 0.15) is 16.1 Å². The molecule has 2 heterocycles. The van der Waals surface area contributed by atoms with Crippen molar-refractivity contribution >= 4 is 38.6 Å². The molecular formula is C18H14BrN5O2. The molecule has 7 nitrogen and oxygen atoms in total. The first-order chi connectivity index (χ1) is 12.5. The second-order valence-electron chi connectivity index (χ2n) is 5.79. The van der Waals surface area contributed by atoms with E-state index in [-0.39, 0.29) is 11.7 Å². The first-order valence-electron chi connectivity index (χ1n) is 7.82. The van der Waals surface area contributed by atoms with Gasteiger partial charge in [-0.3, -0.25) is 9.89 Å². The summed E-state index contributed by atoms with van der Waals surface area (Å²) < 4.78 is 2.64. The van der Waals surface area contributed by atoms with Gasteiger partial charge in [0, 0.05) is 15.9 Å². The van der Waals surface area contributed by atoms with Gasteiger partial charge in [0.25, 0.3) is 5.91 Å². The number of carbonyl (C=O) groups excluding carboxylic acids is 1. The highest BCUT2D eigenvalue weighted by atomic mass is 79.9. The van der Waals surface area contributed by atoms with Crippen molar-refractivity contribution in [2.45, 2.75) is 6.92 Å². The molecule has 0 fully saturated rings. The number of hydrogen-bond acceptors (Lipinski definition) is 4. The van der Waals surface area contributed by atoms with E-state index in [2.05, 4.69) is 36.5 Å². The number of nitrogens with zero attached hydrogens (tertiary/aromatic N) is 3. The Kier molecular flexibility index (Phi) is 3.96. The van der Waals surface area contributed by atoms with Gasteiger partial charge in [0.2, 0.25) is 0 Å². The zero-order valence-electron chi connectivity index (χ0n) is 13.7. The molecule has 3 N–H and O–H groups in total. The third-order valence-electron chi connectivity index (χ3n) is 4.09. The second kappa shape index (κ2) is 6.30. The van der Waals surface area contributed by atoms with E-state index in [1.54, 1.807) is 22.9 Å². The van der Waals surface area contributed by atoms with Crippen LogP contribution in [-0.4, -0.2) is 31.0 Å². The maximum Gasteiger partial charge on any atom is 0.260 e. The number of benzene rings is 2. The minimum Gasteiger partial charge on any atom is -0.508 e. The predicted octanol–water partition coefficient (Wildman–Crippen LogP) is 3.78. The van der Waals surface area contributed by atoms with Crippen LogP contribution >= 0.6 is 15.9 Å². The summed E-state index contributed by atoms with van der Waals surface area (Å²) in [6, 6.07) is 12.5. The number of phenolic OH excluding ortho intramolecular Hbond substituents is 1. The van der Waals surface area contributed by atoms with Crippen LogP contribution in [0.2, 0.25) is 0 Å². The lowest BCUT2D eigenvalue weighted by Gasteiger charge is -2.06. The Bertz CT molecular complexity index is 1130. The first kappa shape index (κ1) is 16.3. The molecule has 0 spiro atoms. The zero-order chi connectivity index (χ0) is 18.3. The monoisotopic (exact) mass is 411 g/mol. The molecule has 0 saturated carbocycles. The van der Waals surface area contributed by atoms with Gasteiger partial charge in [-0.2, -0.15) is 10.2 Å². The minimum absolute atomic E-state index is 0.130. The van der Waals surface area contributed by atoms with Gasteiger partial charge in [0.1, 0.15) is 5.75 Å². The van der Waals surface area contributed by atoms with Crippen molar-refractivity contribution in [3.05, 3.63) is 64.4 Å². The highest BCUT2D eigenvalue weighted by Gasteiger charge is 2.17. The number of nitrogens with one attached hydrogen (secondary N) is 2. The SMILES string of the molecule is Cc1c(C(=O)Nc2n[nH]c3cc(O)ccc23)cnn1-c1cccc(Br)c1. The molecule has 2 aromatic heterocycles. The highest BCUT2D eigenvalue weighted by Crippen LogP contribution is 2.25. The fraction of sp³-hybridized carbons (Fsp3) is 0.0556. The van der Waals surface area contributed by atoms with Crippen molar-refractivity contribution in [2.75, 3.05) is 5.32 Å². The Labute approximate surface area is 156 Å². The van der Waals surface area contributed by atoms with Crippen molar-refractivity contribution in [3.63, 3.8) is 0 Å². The molecule has 0 atom stereocenters. The number of fused-ring (bicyclic) bond motifs is 1. The molecule has 0 radical (unpaired) electrons. The van der Waals surface area contributed by atoms with E-state index in [0.717, 1.165) is 15.9 Å². The van der Waals surface area contributed by atoms with Crippen LogP contribution < -0.4 is 5.32 Å². The van der Waals surface area contributed by atoms with Crippen molar-refractivity contribution in [1.82, 2.24) is 20.0 Å². The number of H-pyrrole nitrogens is 1. The van der Waals surface area contributed by atoms with Crippen LogP contribution in [0.15, 0.2) is 53.1 Å². The molecule has 8 heteroatoms. The van der Waals surface area contributed by atoms with Gasteiger partial charge >= 0.3 is 0 Å². The molecular weight excluding hydrogens is 398 g/mol. The smallest absolute Gasteiger partial charge is 0.260 e. The molecule has 1 amide bonds. The van der Waals surface area contributed by atoms with Gasteiger partial charge in [0.15, 0.2) is 5.82 Å². The Balaban J connectivity index is 1.64. The van der Waals surface area contributed by atoms with Crippen molar-refractivity contribution in [2.24, 2.45) is 0 Å². The van der Waals surface area contributed by atoms with Crippen molar-refractivity contribution in [1.29, 1.82) is 0 Å². The number of amides is 1. The molecule has 2 aromatic carbocycles. The Morgan fingerprint density at radius 2 is 2.12 bits per heavy atom. The predicted molar refractivity (Wildman–Crippen MR) is 102 cm³/mol. The van der Waals surface area contributed by atoms with E-state index in [1.165, 1.54) is 6.20 Å². The number of anilines is 1. The zero-order valence-corrected chi connectivity index (χ0v) is 15.3. The maximum atomic E-state index is 12.7. The quantitative estimate of drug-likeness (QED) is 0.477. The summed E-state index contributed by atoms with van der Waals surface area (Å²) in [5.74, 6) is 0.231. The third-order valence-corrected chi connectivity index (χ3v) is 4.58. The molecule has 0 bridgehead atoms. The Morgan fingerprint density at radius 3 is 2.92 bits per heavy atom. The number of phenols is 1. The summed E-state index contributed by atoms with van der Waals surface area (Å²) >= 11 is 3.44. The third kappa shape index (κ3) is 2.84. The molecule has 0 saturated heterocycles. The molecule has 0 aliphatic heterocycles. The Hall–Kier alpha value is -3.13. The molecule has 0 aliphatic carbocycles. The van der Waals surface area contributed by atoms with E-state index in [9.17, 15) is 9.90 Å². The van der Waals surface area contributed by atoms with Crippen molar-refractivity contribution < 1.29 is 9.90 Å². The van der Waals surface area contributed by atoms with E-state index in [0.29, 0.717) is 22.3 Å². The molecule has 26 heavy (non-hydrogen) atoms. The summed E-state index contributed by atoms with van der Waals surface area (Å²) in [5.41, 5.74) is 2.68. The average molecular weight is 412 g/mol. The fourth-order valence-corrected chi connectivity index (χ4v) is 3.17. The molecule has 0 unspecified atom stereocenters. The lowest BCUT2D eigenvalue weighted by molar-refractivity contribution is 0.102. The number of aromatic amines is 1. The van der Waals surface area contributed by atoms with E-state index >= 15 is 0 Å². The van der Waals surface area contributed by atoms with E-state index in [1.807, 2.05) is 31.2 Å².